The van der Waals surface area contributed by atoms with Crippen LogP contribution >= 0.6 is 0 Å². The summed E-state index contributed by atoms with van der Waals surface area (Å²) < 4.78 is 49.4. The van der Waals surface area contributed by atoms with Gasteiger partial charge >= 0.3 is 6.03 Å². The molecular weight excluding hydrogens is 543 g/mol. The number of urea groups is 1. The fraction of sp³-hybridized carbons (Fsp3) is 0.370. The van der Waals surface area contributed by atoms with Gasteiger partial charge in [0.05, 0.1) is 44.0 Å². The van der Waals surface area contributed by atoms with Gasteiger partial charge in [0.1, 0.15) is 17.7 Å². The molecule has 1 aromatic carbocycles. The maximum atomic E-state index is 14.6. The molecule has 0 bridgehead atoms. The summed E-state index contributed by atoms with van der Waals surface area (Å²) in [5.41, 5.74) is 2.23. The lowest BCUT2D eigenvalue weighted by atomic mass is 10.0. The summed E-state index contributed by atoms with van der Waals surface area (Å²) in [4.78, 5) is 30.8. The minimum Gasteiger partial charge on any atom is -0.483 e. The first kappa shape index (κ1) is 28.1. The van der Waals surface area contributed by atoms with Crippen molar-refractivity contribution in [2.45, 2.75) is 38.8 Å². The number of aromatic nitrogens is 3. The van der Waals surface area contributed by atoms with E-state index in [1.165, 1.54) is 39.0 Å². The second-order valence-corrected chi connectivity index (χ2v) is 9.81. The number of nitrogens with zero attached hydrogens (tertiary/aromatic N) is 6. The van der Waals surface area contributed by atoms with Gasteiger partial charge in [0.25, 0.3) is 0 Å². The summed E-state index contributed by atoms with van der Waals surface area (Å²) >= 11 is 0. The van der Waals surface area contributed by atoms with Crippen LogP contribution in [0.1, 0.15) is 35.0 Å². The van der Waals surface area contributed by atoms with Crippen LogP contribution in [0.25, 0.3) is 5.82 Å². The van der Waals surface area contributed by atoms with Gasteiger partial charge in [0, 0.05) is 42.6 Å². The van der Waals surface area contributed by atoms with E-state index in [1.807, 2.05) is 0 Å². The lowest BCUT2D eigenvalue weighted by Crippen LogP contribution is -2.58. The number of hydrogen-bond donors (Lipinski definition) is 2. The van der Waals surface area contributed by atoms with Gasteiger partial charge in [-0.1, -0.05) is 0 Å². The smallest absolute Gasteiger partial charge is 0.341 e. The molecule has 1 fully saturated rings. The lowest BCUT2D eigenvalue weighted by Gasteiger charge is -2.41. The maximum absolute atomic E-state index is 14.6. The van der Waals surface area contributed by atoms with Gasteiger partial charge in [-0.3, -0.25) is 4.79 Å². The number of aliphatic hydroxyl groups excluding tert-OH is 1. The zero-order valence-electron chi connectivity index (χ0n) is 22.4. The van der Waals surface area contributed by atoms with Crippen LogP contribution in [0.2, 0.25) is 0 Å². The minimum atomic E-state index is -0.740. The normalized spacial score (nSPS) is 16.7. The van der Waals surface area contributed by atoms with Gasteiger partial charge in [-0.05, 0) is 31.5 Å². The third kappa shape index (κ3) is 5.87. The standard InChI is InChI=1S/C27H28F3N7O4/c1-15-21(10-26(39)31-5-6-38)16(2)36(34-15)25-11-24(22(30)12-32-25)41-20-13-35(14-20)27(40)37-23(3-4-33-37)17-7-18(28)9-19(29)8-17/h4,7-9,11-12,20,23,38H,3,5-6,10,13-14H2,1-2H3,(H,31,39). The number of pyridine rings is 1. The molecule has 11 nitrogen and oxygen atoms in total. The van der Waals surface area contributed by atoms with Gasteiger partial charge < -0.3 is 20.1 Å². The first-order valence-electron chi connectivity index (χ1n) is 13.0. The minimum absolute atomic E-state index is 0.0598. The Hall–Kier alpha value is -4.46. The van der Waals surface area contributed by atoms with Crippen molar-refractivity contribution in [3.8, 4) is 11.6 Å². The number of hydrazone groups is 1. The van der Waals surface area contributed by atoms with Gasteiger partial charge in [-0.15, -0.1) is 0 Å². The van der Waals surface area contributed by atoms with Crippen LogP contribution in [0.3, 0.4) is 0 Å². The molecule has 2 N–H and O–H groups in total. The molecule has 1 saturated heterocycles. The molecule has 1 unspecified atom stereocenters. The number of carbonyl (C=O) groups is 2. The average Bonchev–Trinajstić information content (AvgIpc) is 3.50. The van der Waals surface area contributed by atoms with Crippen molar-refractivity contribution in [2.75, 3.05) is 26.2 Å². The van der Waals surface area contributed by atoms with E-state index in [2.05, 4.69) is 20.5 Å². The summed E-state index contributed by atoms with van der Waals surface area (Å²) in [5.74, 6) is -2.23. The highest BCUT2D eigenvalue weighted by Gasteiger charge is 2.39. The van der Waals surface area contributed by atoms with Crippen LogP contribution in [0.15, 0.2) is 35.6 Å². The van der Waals surface area contributed by atoms with Crippen molar-refractivity contribution in [1.82, 2.24) is 30.0 Å². The molecule has 2 aliphatic heterocycles. The fourth-order valence-electron chi connectivity index (χ4n) is 4.82. The largest absolute Gasteiger partial charge is 0.483 e. The summed E-state index contributed by atoms with van der Waals surface area (Å²) in [6.07, 6.45) is 2.39. The SMILES string of the molecule is Cc1nn(-c2cc(OC3CN(C(=O)N4N=CCC4c4cc(F)cc(F)c4)C3)c(F)cn2)c(C)c1CC(=O)NCCO. The number of nitrogens with one attached hydrogen (secondary N) is 1. The zero-order valence-corrected chi connectivity index (χ0v) is 22.4. The zero-order chi connectivity index (χ0) is 29.3. The lowest BCUT2D eigenvalue weighted by molar-refractivity contribution is -0.120. The number of aryl methyl sites for hydroxylation is 1. The fourth-order valence-corrected chi connectivity index (χ4v) is 4.82. The maximum Gasteiger partial charge on any atom is 0.341 e. The van der Waals surface area contributed by atoms with E-state index >= 15 is 0 Å². The Morgan fingerprint density at radius 2 is 1.85 bits per heavy atom. The molecule has 3 amide bonds. The van der Waals surface area contributed by atoms with Crippen molar-refractivity contribution in [1.29, 1.82) is 0 Å². The summed E-state index contributed by atoms with van der Waals surface area (Å²) in [7, 11) is 0. The van der Waals surface area contributed by atoms with Gasteiger partial charge in [-0.2, -0.15) is 10.2 Å². The number of amides is 3. The van der Waals surface area contributed by atoms with Crippen LogP contribution in [0, 0.1) is 31.3 Å². The number of ether oxygens (including phenoxy) is 1. The molecule has 3 aromatic rings. The Bertz CT molecular complexity index is 1490. The van der Waals surface area contributed by atoms with E-state index in [0.717, 1.165) is 12.3 Å². The monoisotopic (exact) mass is 571 g/mol. The van der Waals surface area contributed by atoms with Crippen LogP contribution in [-0.4, -0.2) is 80.3 Å². The highest BCUT2D eigenvalue weighted by Crippen LogP contribution is 2.32. The molecule has 0 aliphatic carbocycles. The van der Waals surface area contributed by atoms with Crippen molar-refractivity contribution < 1.29 is 32.6 Å². The highest BCUT2D eigenvalue weighted by molar-refractivity contribution is 5.79. The molecule has 0 radical (unpaired) electrons. The van der Waals surface area contributed by atoms with Crippen molar-refractivity contribution in [3.63, 3.8) is 0 Å². The van der Waals surface area contributed by atoms with Crippen molar-refractivity contribution >= 4 is 18.2 Å². The number of hydrogen-bond acceptors (Lipinski definition) is 7. The Labute approximate surface area is 233 Å². The van der Waals surface area contributed by atoms with E-state index in [-0.39, 0.29) is 50.1 Å². The number of aliphatic hydroxyl groups is 1. The number of rotatable bonds is 8. The molecule has 4 heterocycles. The number of likely N-dealkylation sites (tertiary alicyclic amines) is 1. The Balaban J connectivity index is 1.24. The predicted molar refractivity (Wildman–Crippen MR) is 140 cm³/mol. The Morgan fingerprint density at radius 1 is 1.12 bits per heavy atom. The van der Waals surface area contributed by atoms with Crippen molar-refractivity contribution in [3.05, 3.63) is 70.4 Å². The van der Waals surface area contributed by atoms with Gasteiger partial charge in [-0.25, -0.2) is 32.6 Å². The topological polar surface area (TPSA) is 125 Å². The second-order valence-electron chi connectivity index (χ2n) is 9.81. The third-order valence-electron chi connectivity index (χ3n) is 6.94. The summed E-state index contributed by atoms with van der Waals surface area (Å²) in [6.45, 7) is 3.80. The van der Waals surface area contributed by atoms with E-state index in [9.17, 15) is 22.8 Å². The second kappa shape index (κ2) is 11.6. The quantitative estimate of drug-likeness (QED) is 0.428. The Morgan fingerprint density at radius 3 is 2.56 bits per heavy atom. The highest BCUT2D eigenvalue weighted by atomic mass is 19.1. The van der Waals surface area contributed by atoms with Crippen LogP contribution < -0.4 is 10.1 Å². The van der Waals surface area contributed by atoms with E-state index in [4.69, 9.17) is 9.84 Å². The molecular formula is C27H28F3N7O4. The van der Waals surface area contributed by atoms with Crippen LogP contribution in [0.4, 0.5) is 18.0 Å². The van der Waals surface area contributed by atoms with E-state index < -0.39 is 35.6 Å². The summed E-state index contributed by atoms with van der Waals surface area (Å²) in [5, 5.41) is 21.2. The molecule has 0 spiro atoms. The van der Waals surface area contributed by atoms with Crippen LogP contribution in [0.5, 0.6) is 5.75 Å². The third-order valence-corrected chi connectivity index (χ3v) is 6.94. The average molecular weight is 572 g/mol. The number of halogens is 3. The van der Waals surface area contributed by atoms with E-state index in [1.54, 1.807) is 13.8 Å². The van der Waals surface area contributed by atoms with Crippen LogP contribution in [-0.2, 0) is 11.2 Å². The first-order chi connectivity index (χ1) is 19.6. The number of benzene rings is 1. The van der Waals surface area contributed by atoms with Gasteiger partial charge in [0.2, 0.25) is 5.91 Å². The molecule has 216 valence electrons. The molecule has 2 aliphatic rings. The first-order valence-corrected chi connectivity index (χ1v) is 13.0. The number of carbonyl (C=O) groups excluding carboxylic acids is 2. The van der Waals surface area contributed by atoms with Crippen molar-refractivity contribution in [2.24, 2.45) is 5.10 Å². The van der Waals surface area contributed by atoms with Gasteiger partial charge in [0.15, 0.2) is 17.4 Å². The molecule has 0 saturated carbocycles. The molecule has 5 rings (SSSR count). The Kier molecular flexibility index (Phi) is 7.92. The molecule has 2 aromatic heterocycles. The predicted octanol–water partition coefficient (Wildman–Crippen LogP) is 2.57. The molecule has 1 atom stereocenters. The van der Waals surface area contributed by atoms with E-state index in [0.29, 0.717) is 28.9 Å². The molecule has 14 heteroatoms. The molecule has 41 heavy (non-hydrogen) atoms. The summed E-state index contributed by atoms with van der Waals surface area (Å²) in [6, 6.07) is 3.41.